The molecule has 1 aliphatic carbocycles. The molecule has 1 aromatic rings. The summed E-state index contributed by atoms with van der Waals surface area (Å²) in [6.45, 7) is 4.04. The van der Waals surface area contributed by atoms with Gasteiger partial charge in [-0.1, -0.05) is 12.8 Å². The Bertz CT molecular complexity index is 503. The summed E-state index contributed by atoms with van der Waals surface area (Å²) in [5.41, 5.74) is 2.80. The number of hydrogen-bond acceptors (Lipinski definition) is 3. The van der Waals surface area contributed by atoms with Crippen LogP contribution < -0.4 is 10.6 Å². The molecule has 114 valence electrons. The van der Waals surface area contributed by atoms with E-state index in [2.05, 4.69) is 10.6 Å². The minimum Gasteiger partial charge on any atom is -0.349 e. The van der Waals surface area contributed by atoms with Crippen molar-refractivity contribution in [1.29, 1.82) is 0 Å². The third kappa shape index (κ3) is 3.43. The quantitative estimate of drug-likeness (QED) is 0.898. The number of rotatable bonds is 3. The third-order valence-electron chi connectivity index (χ3n) is 4.72. The van der Waals surface area contributed by atoms with E-state index >= 15 is 0 Å². The first-order valence-electron chi connectivity index (χ1n) is 8.23. The zero-order chi connectivity index (χ0) is 14.7. The second-order valence-electron chi connectivity index (χ2n) is 6.36. The number of nitrogens with zero attached hydrogens (tertiary/aromatic N) is 1. The summed E-state index contributed by atoms with van der Waals surface area (Å²) >= 11 is 0. The van der Waals surface area contributed by atoms with Gasteiger partial charge >= 0.3 is 0 Å². The highest BCUT2D eigenvalue weighted by atomic mass is 16.1. The molecule has 0 atom stereocenters. The molecule has 3 rings (SSSR count). The van der Waals surface area contributed by atoms with E-state index < -0.39 is 0 Å². The van der Waals surface area contributed by atoms with E-state index in [4.69, 9.17) is 4.98 Å². The maximum absolute atomic E-state index is 12.6. The second-order valence-corrected chi connectivity index (χ2v) is 6.36. The first-order valence-corrected chi connectivity index (χ1v) is 8.23. The Hall–Kier alpha value is -1.42. The molecule has 2 aliphatic rings. The van der Waals surface area contributed by atoms with Crippen LogP contribution in [-0.2, 0) is 0 Å². The summed E-state index contributed by atoms with van der Waals surface area (Å²) < 4.78 is 0. The number of pyridine rings is 1. The van der Waals surface area contributed by atoms with Gasteiger partial charge in [0.1, 0.15) is 0 Å². The van der Waals surface area contributed by atoms with Crippen molar-refractivity contribution in [1.82, 2.24) is 15.6 Å². The van der Waals surface area contributed by atoms with Crippen LogP contribution in [0.15, 0.2) is 12.1 Å². The monoisotopic (exact) mass is 287 g/mol. The Morgan fingerprint density at radius 1 is 1.19 bits per heavy atom. The van der Waals surface area contributed by atoms with Crippen LogP contribution in [0.1, 0.15) is 66.2 Å². The highest BCUT2D eigenvalue weighted by Crippen LogP contribution is 2.27. The fourth-order valence-electron chi connectivity index (χ4n) is 3.51. The van der Waals surface area contributed by atoms with Crippen molar-refractivity contribution in [2.75, 3.05) is 13.1 Å². The Morgan fingerprint density at radius 3 is 2.62 bits per heavy atom. The topological polar surface area (TPSA) is 54.0 Å². The van der Waals surface area contributed by atoms with Gasteiger partial charge < -0.3 is 10.6 Å². The third-order valence-corrected chi connectivity index (χ3v) is 4.72. The minimum absolute atomic E-state index is 0.0722. The SMILES string of the molecule is Cc1ccc(C(=O)NC2CCCC2)c(C2CCNCC2)n1. The molecule has 4 nitrogen and oxygen atoms in total. The zero-order valence-electron chi connectivity index (χ0n) is 12.8. The summed E-state index contributed by atoms with van der Waals surface area (Å²) in [6, 6.07) is 4.28. The molecule has 1 saturated carbocycles. The van der Waals surface area contributed by atoms with E-state index in [1.165, 1.54) is 12.8 Å². The molecule has 0 radical (unpaired) electrons. The molecule has 0 bridgehead atoms. The van der Waals surface area contributed by atoms with Gasteiger partial charge in [0.2, 0.25) is 0 Å². The van der Waals surface area contributed by atoms with Gasteiger partial charge in [-0.15, -0.1) is 0 Å². The van der Waals surface area contributed by atoms with Crippen molar-refractivity contribution in [2.45, 2.75) is 57.4 Å². The van der Waals surface area contributed by atoms with Crippen molar-refractivity contribution in [3.63, 3.8) is 0 Å². The first-order chi connectivity index (χ1) is 10.2. The Labute approximate surface area is 126 Å². The van der Waals surface area contributed by atoms with E-state index in [1.807, 2.05) is 19.1 Å². The molecular formula is C17H25N3O. The molecule has 2 fully saturated rings. The smallest absolute Gasteiger partial charge is 0.253 e. The standard InChI is InChI=1S/C17H25N3O/c1-12-6-7-15(17(21)20-14-4-2-3-5-14)16(19-12)13-8-10-18-11-9-13/h6-7,13-14,18H,2-5,8-11H2,1H3,(H,20,21). The van der Waals surface area contributed by atoms with Crippen LogP contribution in [-0.4, -0.2) is 30.0 Å². The summed E-state index contributed by atoms with van der Waals surface area (Å²) in [5, 5.41) is 6.58. The zero-order valence-corrected chi connectivity index (χ0v) is 12.8. The highest BCUT2D eigenvalue weighted by Gasteiger charge is 2.25. The average Bonchev–Trinajstić information content (AvgIpc) is 3.01. The van der Waals surface area contributed by atoms with Gasteiger partial charge in [-0.2, -0.15) is 0 Å². The minimum atomic E-state index is 0.0722. The number of piperidine rings is 1. The van der Waals surface area contributed by atoms with Crippen LogP contribution >= 0.6 is 0 Å². The summed E-state index contributed by atoms with van der Waals surface area (Å²) in [5.74, 6) is 0.485. The van der Waals surface area contributed by atoms with Crippen LogP contribution in [0.3, 0.4) is 0 Å². The normalized spacial score (nSPS) is 20.6. The number of hydrogen-bond donors (Lipinski definition) is 2. The molecule has 1 aliphatic heterocycles. The second kappa shape index (κ2) is 6.56. The summed E-state index contributed by atoms with van der Waals surface area (Å²) in [4.78, 5) is 17.3. The number of amides is 1. The van der Waals surface area contributed by atoms with E-state index in [1.54, 1.807) is 0 Å². The van der Waals surface area contributed by atoms with Crippen LogP contribution in [0, 0.1) is 6.92 Å². The fraction of sp³-hybridized carbons (Fsp3) is 0.647. The molecular weight excluding hydrogens is 262 g/mol. The number of aryl methyl sites for hydroxylation is 1. The van der Waals surface area contributed by atoms with E-state index in [0.29, 0.717) is 12.0 Å². The molecule has 0 unspecified atom stereocenters. The lowest BCUT2D eigenvalue weighted by molar-refractivity contribution is 0.0935. The molecule has 21 heavy (non-hydrogen) atoms. The van der Waals surface area contributed by atoms with Crippen molar-refractivity contribution >= 4 is 5.91 Å². The maximum Gasteiger partial charge on any atom is 0.253 e. The predicted molar refractivity (Wildman–Crippen MR) is 83.5 cm³/mol. The molecule has 1 aromatic heterocycles. The van der Waals surface area contributed by atoms with Crippen molar-refractivity contribution < 1.29 is 4.79 Å². The van der Waals surface area contributed by atoms with Gasteiger partial charge in [0, 0.05) is 17.7 Å². The fourth-order valence-corrected chi connectivity index (χ4v) is 3.51. The summed E-state index contributed by atoms with van der Waals surface area (Å²) in [6.07, 6.45) is 6.85. The van der Waals surface area contributed by atoms with Crippen LogP contribution in [0.5, 0.6) is 0 Å². The first kappa shape index (κ1) is 14.5. The van der Waals surface area contributed by atoms with Crippen LogP contribution in [0.4, 0.5) is 0 Å². The molecule has 2 N–H and O–H groups in total. The predicted octanol–water partition coefficient (Wildman–Crippen LogP) is 2.53. The lowest BCUT2D eigenvalue weighted by atomic mass is 9.90. The Morgan fingerprint density at radius 2 is 1.90 bits per heavy atom. The molecule has 1 amide bonds. The number of carbonyl (C=O) groups excluding carboxylic acids is 1. The van der Waals surface area contributed by atoms with Gasteiger partial charge in [0.25, 0.3) is 5.91 Å². The molecule has 0 aromatic carbocycles. The lowest BCUT2D eigenvalue weighted by Gasteiger charge is -2.24. The van der Waals surface area contributed by atoms with Gasteiger partial charge in [-0.25, -0.2) is 0 Å². The van der Waals surface area contributed by atoms with Gasteiger partial charge in [-0.05, 0) is 57.8 Å². The largest absolute Gasteiger partial charge is 0.349 e. The van der Waals surface area contributed by atoms with Crippen molar-refractivity contribution in [3.8, 4) is 0 Å². The highest BCUT2D eigenvalue weighted by molar-refractivity contribution is 5.95. The molecule has 1 saturated heterocycles. The molecule has 0 spiro atoms. The number of nitrogens with one attached hydrogen (secondary N) is 2. The number of carbonyl (C=O) groups is 1. The van der Waals surface area contributed by atoms with Gasteiger partial charge in [-0.3, -0.25) is 9.78 Å². The average molecular weight is 287 g/mol. The van der Waals surface area contributed by atoms with E-state index in [-0.39, 0.29) is 5.91 Å². The lowest BCUT2D eigenvalue weighted by Crippen LogP contribution is -2.34. The molecule has 2 heterocycles. The number of aromatic nitrogens is 1. The Balaban J connectivity index is 1.80. The van der Waals surface area contributed by atoms with Crippen LogP contribution in [0.25, 0.3) is 0 Å². The van der Waals surface area contributed by atoms with Crippen LogP contribution in [0.2, 0.25) is 0 Å². The van der Waals surface area contributed by atoms with Gasteiger partial charge in [0.15, 0.2) is 0 Å². The van der Waals surface area contributed by atoms with Crippen molar-refractivity contribution in [3.05, 3.63) is 29.1 Å². The van der Waals surface area contributed by atoms with E-state index in [9.17, 15) is 4.79 Å². The van der Waals surface area contributed by atoms with E-state index in [0.717, 1.165) is 55.7 Å². The maximum atomic E-state index is 12.6. The molecule has 4 heteroatoms. The Kier molecular flexibility index (Phi) is 4.54. The van der Waals surface area contributed by atoms with Gasteiger partial charge in [0.05, 0.1) is 11.3 Å². The van der Waals surface area contributed by atoms with Crippen molar-refractivity contribution in [2.24, 2.45) is 0 Å². The summed E-state index contributed by atoms with van der Waals surface area (Å²) in [7, 11) is 0.